The van der Waals surface area contributed by atoms with Crippen LogP contribution < -0.4 is 0 Å². The second-order valence-electron chi connectivity index (χ2n) is 3.91. The van der Waals surface area contributed by atoms with Crippen LogP contribution in [0.1, 0.15) is 30.6 Å². The Kier molecular flexibility index (Phi) is 4.92. The summed E-state index contributed by atoms with van der Waals surface area (Å²) in [7, 11) is 0. The van der Waals surface area contributed by atoms with E-state index in [-0.39, 0.29) is 18.6 Å². The number of hydrogen-bond donors (Lipinski definition) is 1. The summed E-state index contributed by atoms with van der Waals surface area (Å²) in [5, 5.41) is 8.80. The van der Waals surface area contributed by atoms with Gasteiger partial charge in [0.15, 0.2) is 0 Å². The van der Waals surface area contributed by atoms with E-state index in [9.17, 15) is 4.79 Å². The van der Waals surface area contributed by atoms with E-state index in [2.05, 4.69) is 4.98 Å². The molecule has 1 amide bonds. The highest BCUT2D eigenvalue weighted by atomic mass is 16.3. The molecule has 0 fully saturated rings. The normalized spacial score (nSPS) is 10.5. The second kappa shape index (κ2) is 6.23. The standard InChI is InChI=1S/C12H18N2O2/c1-10(2)14(7-4-8-15)12(16)11-5-3-6-13-9-11/h3,5-6,9-10,15H,4,7-8H2,1-2H3. The van der Waals surface area contributed by atoms with Gasteiger partial charge in [0, 0.05) is 31.6 Å². The lowest BCUT2D eigenvalue weighted by Gasteiger charge is -2.26. The van der Waals surface area contributed by atoms with Gasteiger partial charge in [0.1, 0.15) is 0 Å². The van der Waals surface area contributed by atoms with E-state index in [1.165, 1.54) is 0 Å². The molecule has 0 spiro atoms. The summed E-state index contributed by atoms with van der Waals surface area (Å²) in [6.45, 7) is 4.60. The lowest BCUT2D eigenvalue weighted by atomic mass is 10.2. The molecule has 0 saturated heterocycles. The number of carbonyl (C=O) groups is 1. The number of amides is 1. The molecule has 0 aliphatic carbocycles. The van der Waals surface area contributed by atoms with E-state index in [0.717, 1.165) is 0 Å². The van der Waals surface area contributed by atoms with E-state index in [1.54, 1.807) is 29.4 Å². The van der Waals surface area contributed by atoms with Gasteiger partial charge < -0.3 is 10.0 Å². The fourth-order valence-corrected chi connectivity index (χ4v) is 1.49. The highest BCUT2D eigenvalue weighted by molar-refractivity contribution is 5.94. The maximum Gasteiger partial charge on any atom is 0.255 e. The predicted molar refractivity (Wildman–Crippen MR) is 62.1 cm³/mol. The molecule has 0 radical (unpaired) electrons. The van der Waals surface area contributed by atoms with Crippen molar-refractivity contribution in [2.24, 2.45) is 0 Å². The lowest BCUT2D eigenvalue weighted by molar-refractivity contribution is 0.0692. The Morgan fingerprint density at radius 3 is 2.81 bits per heavy atom. The van der Waals surface area contributed by atoms with Gasteiger partial charge in [-0.05, 0) is 32.4 Å². The van der Waals surface area contributed by atoms with Gasteiger partial charge in [0.2, 0.25) is 0 Å². The Morgan fingerprint density at radius 2 is 2.31 bits per heavy atom. The third-order valence-corrected chi connectivity index (χ3v) is 2.35. The van der Waals surface area contributed by atoms with Crippen molar-refractivity contribution < 1.29 is 9.90 Å². The zero-order valence-corrected chi connectivity index (χ0v) is 9.76. The smallest absolute Gasteiger partial charge is 0.255 e. The summed E-state index contributed by atoms with van der Waals surface area (Å²) in [6.07, 6.45) is 3.81. The van der Waals surface area contributed by atoms with Crippen LogP contribution in [0.25, 0.3) is 0 Å². The monoisotopic (exact) mass is 222 g/mol. The molecular formula is C12H18N2O2. The van der Waals surface area contributed by atoms with Gasteiger partial charge >= 0.3 is 0 Å². The van der Waals surface area contributed by atoms with Crippen molar-refractivity contribution in [3.8, 4) is 0 Å². The van der Waals surface area contributed by atoms with E-state index in [4.69, 9.17) is 5.11 Å². The maximum absolute atomic E-state index is 12.1. The van der Waals surface area contributed by atoms with Crippen LogP contribution in [0, 0.1) is 0 Å². The molecule has 1 aromatic rings. The largest absolute Gasteiger partial charge is 0.396 e. The Morgan fingerprint density at radius 1 is 1.56 bits per heavy atom. The van der Waals surface area contributed by atoms with Gasteiger partial charge in [-0.15, -0.1) is 0 Å². The van der Waals surface area contributed by atoms with Gasteiger partial charge in [0.05, 0.1) is 5.56 Å². The quantitative estimate of drug-likeness (QED) is 0.817. The molecule has 1 rings (SSSR count). The predicted octanol–water partition coefficient (Wildman–Crippen LogP) is 1.31. The van der Waals surface area contributed by atoms with Gasteiger partial charge in [0.25, 0.3) is 5.91 Å². The van der Waals surface area contributed by atoms with Crippen LogP contribution >= 0.6 is 0 Å². The molecular weight excluding hydrogens is 204 g/mol. The molecule has 1 N–H and O–H groups in total. The van der Waals surface area contributed by atoms with E-state index in [0.29, 0.717) is 18.5 Å². The van der Waals surface area contributed by atoms with Crippen LogP contribution in [0.3, 0.4) is 0 Å². The molecule has 0 aromatic carbocycles. The summed E-state index contributed by atoms with van der Waals surface area (Å²) >= 11 is 0. The molecule has 0 unspecified atom stereocenters. The van der Waals surface area contributed by atoms with Crippen LogP contribution in [0.15, 0.2) is 24.5 Å². The number of aromatic nitrogens is 1. The Bertz CT molecular complexity index is 325. The van der Waals surface area contributed by atoms with Crippen LogP contribution in [0.2, 0.25) is 0 Å². The van der Waals surface area contributed by atoms with Crippen molar-refractivity contribution in [2.45, 2.75) is 26.3 Å². The van der Waals surface area contributed by atoms with Gasteiger partial charge in [-0.1, -0.05) is 0 Å². The average Bonchev–Trinajstić information content (AvgIpc) is 2.30. The summed E-state index contributed by atoms with van der Waals surface area (Å²) in [6, 6.07) is 3.63. The summed E-state index contributed by atoms with van der Waals surface area (Å²) in [4.78, 5) is 17.8. The molecule has 0 bridgehead atoms. The SMILES string of the molecule is CC(C)N(CCCO)C(=O)c1cccnc1. The van der Waals surface area contributed by atoms with Crippen LogP contribution in [0.5, 0.6) is 0 Å². The van der Waals surface area contributed by atoms with E-state index < -0.39 is 0 Å². The van der Waals surface area contributed by atoms with Gasteiger partial charge in [-0.25, -0.2) is 0 Å². The number of rotatable bonds is 5. The Hall–Kier alpha value is -1.42. The zero-order valence-electron chi connectivity index (χ0n) is 9.76. The molecule has 0 aliphatic heterocycles. The number of nitrogens with zero attached hydrogens (tertiary/aromatic N) is 2. The summed E-state index contributed by atoms with van der Waals surface area (Å²) in [5.41, 5.74) is 0.592. The topological polar surface area (TPSA) is 53.4 Å². The fourth-order valence-electron chi connectivity index (χ4n) is 1.49. The minimum absolute atomic E-state index is 0.0310. The first kappa shape index (κ1) is 12.6. The van der Waals surface area contributed by atoms with Crippen molar-refractivity contribution in [1.29, 1.82) is 0 Å². The van der Waals surface area contributed by atoms with E-state index >= 15 is 0 Å². The highest BCUT2D eigenvalue weighted by Crippen LogP contribution is 2.07. The Labute approximate surface area is 95.9 Å². The second-order valence-corrected chi connectivity index (χ2v) is 3.91. The minimum Gasteiger partial charge on any atom is -0.396 e. The highest BCUT2D eigenvalue weighted by Gasteiger charge is 2.17. The number of hydrogen-bond acceptors (Lipinski definition) is 3. The molecule has 0 aliphatic rings. The molecule has 0 saturated carbocycles. The van der Waals surface area contributed by atoms with Crippen LogP contribution in [-0.2, 0) is 0 Å². The number of aliphatic hydroxyl groups is 1. The molecule has 16 heavy (non-hydrogen) atoms. The minimum atomic E-state index is -0.0310. The third-order valence-electron chi connectivity index (χ3n) is 2.35. The Balaban J connectivity index is 2.75. The molecule has 88 valence electrons. The zero-order chi connectivity index (χ0) is 12.0. The van der Waals surface area contributed by atoms with Crippen molar-refractivity contribution in [3.05, 3.63) is 30.1 Å². The molecule has 0 atom stereocenters. The van der Waals surface area contributed by atoms with Crippen molar-refractivity contribution in [1.82, 2.24) is 9.88 Å². The van der Waals surface area contributed by atoms with Gasteiger partial charge in [-0.3, -0.25) is 9.78 Å². The van der Waals surface area contributed by atoms with Crippen LogP contribution in [-0.4, -0.2) is 40.1 Å². The van der Waals surface area contributed by atoms with Crippen molar-refractivity contribution in [3.63, 3.8) is 0 Å². The number of aliphatic hydroxyl groups excluding tert-OH is 1. The number of pyridine rings is 1. The van der Waals surface area contributed by atoms with E-state index in [1.807, 2.05) is 13.8 Å². The molecule has 4 heteroatoms. The number of carbonyl (C=O) groups excluding carboxylic acids is 1. The first-order chi connectivity index (χ1) is 7.66. The summed E-state index contributed by atoms with van der Waals surface area (Å²) < 4.78 is 0. The fraction of sp³-hybridized carbons (Fsp3) is 0.500. The molecule has 1 aromatic heterocycles. The first-order valence-corrected chi connectivity index (χ1v) is 5.48. The third kappa shape index (κ3) is 3.31. The van der Waals surface area contributed by atoms with Gasteiger partial charge in [-0.2, -0.15) is 0 Å². The average molecular weight is 222 g/mol. The molecule has 1 heterocycles. The van der Waals surface area contributed by atoms with Crippen molar-refractivity contribution in [2.75, 3.05) is 13.2 Å². The maximum atomic E-state index is 12.1. The molecule has 4 nitrogen and oxygen atoms in total. The lowest BCUT2D eigenvalue weighted by Crippen LogP contribution is -2.38. The van der Waals surface area contributed by atoms with Crippen LogP contribution in [0.4, 0.5) is 0 Å². The van der Waals surface area contributed by atoms with Crippen molar-refractivity contribution >= 4 is 5.91 Å². The summed E-state index contributed by atoms with van der Waals surface area (Å²) in [5.74, 6) is -0.0310. The first-order valence-electron chi connectivity index (χ1n) is 5.48.